The maximum atomic E-state index is 14.5. The average Bonchev–Trinajstić information content (AvgIpc) is 3.60. The fourth-order valence-corrected chi connectivity index (χ4v) is 4.38. The number of hydrogen-bond acceptors (Lipinski definition) is 6. The van der Waals surface area contributed by atoms with Crippen LogP contribution in [0.25, 0.3) is 11.1 Å². The zero-order chi connectivity index (χ0) is 22.1. The molecule has 166 valence electrons. The van der Waals surface area contributed by atoms with Crippen LogP contribution in [-0.2, 0) is 9.53 Å². The van der Waals surface area contributed by atoms with Gasteiger partial charge in [0, 0.05) is 56.0 Å². The van der Waals surface area contributed by atoms with Gasteiger partial charge in [0.2, 0.25) is 11.9 Å². The molecule has 4 rings (SSSR count). The smallest absolute Gasteiger partial charge is 0.225 e. The number of nitrogens with zero attached hydrogens (tertiary/aromatic N) is 4. The Bertz CT molecular complexity index is 979. The van der Waals surface area contributed by atoms with Crippen LogP contribution in [0.5, 0.6) is 0 Å². The van der Waals surface area contributed by atoms with Gasteiger partial charge in [0.15, 0.2) is 5.82 Å². The molecule has 2 aromatic rings. The first kappa shape index (κ1) is 21.5. The van der Waals surface area contributed by atoms with Crippen molar-refractivity contribution < 1.29 is 13.9 Å². The summed E-state index contributed by atoms with van der Waals surface area (Å²) in [6, 6.07) is 3.52. The first-order chi connectivity index (χ1) is 14.9. The molecule has 3 heterocycles. The zero-order valence-corrected chi connectivity index (χ0v) is 18.4. The first-order valence-electron chi connectivity index (χ1n) is 10.9. The molecular formula is C23H30FN5O2. The highest BCUT2D eigenvalue weighted by Crippen LogP contribution is 2.47. The Balaban J connectivity index is 1.65. The number of piperazine rings is 1. The van der Waals surface area contributed by atoms with Gasteiger partial charge in [-0.1, -0.05) is 0 Å². The topological polar surface area (TPSA) is 84.6 Å². The Kier molecular flexibility index (Phi) is 6.09. The van der Waals surface area contributed by atoms with E-state index in [1.807, 2.05) is 18.7 Å². The molecule has 2 fully saturated rings. The van der Waals surface area contributed by atoms with Crippen molar-refractivity contribution in [2.75, 3.05) is 44.0 Å². The fourth-order valence-electron chi connectivity index (χ4n) is 4.38. The number of aromatic nitrogens is 2. The third-order valence-electron chi connectivity index (χ3n) is 6.26. The van der Waals surface area contributed by atoms with Crippen molar-refractivity contribution in [1.29, 1.82) is 0 Å². The summed E-state index contributed by atoms with van der Waals surface area (Å²) in [5.74, 6) is 0.663. The highest BCUT2D eigenvalue weighted by Gasteiger charge is 2.34. The number of halogens is 1. The van der Waals surface area contributed by atoms with Gasteiger partial charge in [-0.05, 0) is 44.4 Å². The Morgan fingerprint density at radius 3 is 2.77 bits per heavy atom. The molecule has 0 bridgehead atoms. The van der Waals surface area contributed by atoms with Crippen LogP contribution in [0, 0.1) is 12.9 Å². The van der Waals surface area contributed by atoms with Crippen LogP contribution in [0.15, 0.2) is 18.3 Å². The number of pyridine rings is 2. The van der Waals surface area contributed by atoms with Crippen molar-refractivity contribution in [3.63, 3.8) is 0 Å². The SMILES string of the molecule is COCCC(=O)N1CCN(c2nc(C3CC3)c(-c3cccnc3F)c(C)c2N)C[C@H]1C. The molecule has 0 unspecified atom stereocenters. The predicted molar refractivity (Wildman–Crippen MR) is 118 cm³/mol. The van der Waals surface area contributed by atoms with Gasteiger partial charge >= 0.3 is 0 Å². The van der Waals surface area contributed by atoms with Gasteiger partial charge in [-0.3, -0.25) is 4.79 Å². The van der Waals surface area contributed by atoms with E-state index in [-0.39, 0.29) is 11.9 Å². The van der Waals surface area contributed by atoms with Crippen LogP contribution >= 0.6 is 0 Å². The molecule has 0 radical (unpaired) electrons. The fraction of sp³-hybridized carbons (Fsp3) is 0.522. The summed E-state index contributed by atoms with van der Waals surface area (Å²) in [5.41, 5.74) is 10.1. The minimum atomic E-state index is -0.502. The standard InChI is InChI=1S/C23H30FN5O2/c1-14-13-28(10-11-29(14)18(30)8-12-31-3)23-20(25)15(2)19(21(27-23)16-6-7-16)17-5-4-9-26-22(17)24/h4-5,9,14,16H,6-8,10-13,25H2,1-3H3/t14-/m1/s1. The molecular weight excluding hydrogens is 397 g/mol. The van der Waals surface area contributed by atoms with Crippen LogP contribution in [0.1, 0.15) is 43.4 Å². The predicted octanol–water partition coefficient (Wildman–Crippen LogP) is 3.12. The van der Waals surface area contributed by atoms with E-state index in [1.165, 1.54) is 6.20 Å². The van der Waals surface area contributed by atoms with Gasteiger partial charge < -0.3 is 20.3 Å². The summed E-state index contributed by atoms with van der Waals surface area (Å²) < 4.78 is 19.6. The lowest BCUT2D eigenvalue weighted by Gasteiger charge is -2.41. The molecule has 1 saturated carbocycles. The largest absolute Gasteiger partial charge is 0.396 e. The van der Waals surface area contributed by atoms with E-state index in [9.17, 15) is 9.18 Å². The Morgan fingerprint density at radius 2 is 2.13 bits per heavy atom. The van der Waals surface area contributed by atoms with Crippen molar-refractivity contribution in [1.82, 2.24) is 14.9 Å². The molecule has 2 N–H and O–H groups in total. The van der Waals surface area contributed by atoms with Gasteiger partial charge in [0.05, 0.1) is 24.4 Å². The molecule has 7 nitrogen and oxygen atoms in total. The van der Waals surface area contributed by atoms with Crippen LogP contribution in [0.4, 0.5) is 15.9 Å². The Hall–Kier alpha value is -2.74. The second-order valence-electron chi connectivity index (χ2n) is 8.48. The van der Waals surface area contributed by atoms with Crippen LogP contribution < -0.4 is 10.6 Å². The second-order valence-corrected chi connectivity index (χ2v) is 8.48. The van der Waals surface area contributed by atoms with E-state index >= 15 is 0 Å². The van der Waals surface area contributed by atoms with Gasteiger partial charge in [-0.25, -0.2) is 9.97 Å². The summed E-state index contributed by atoms with van der Waals surface area (Å²) in [6.07, 6.45) is 3.92. The van der Waals surface area contributed by atoms with Crippen LogP contribution in [0.3, 0.4) is 0 Å². The maximum absolute atomic E-state index is 14.5. The number of hydrogen-bond donors (Lipinski definition) is 1. The van der Waals surface area contributed by atoms with Crippen LogP contribution in [-0.4, -0.2) is 60.2 Å². The Morgan fingerprint density at radius 1 is 1.35 bits per heavy atom. The van der Waals surface area contributed by atoms with E-state index in [0.29, 0.717) is 49.8 Å². The molecule has 1 atom stereocenters. The van der Waals surface area contributed by atoms with Crippen molar-refractivity contribution >= 4 is 17.4 Å². The summed E-state index contributed by atoms with van der Waals surface area (Å²) in [6.45, 7) is 6.33. The lowest BCUT2D eigenvalue weighted by Crippen LogP contribution is -2.54. The zero-order valence-electron chi connectivity index (χ0n) is 18.4. The maximum Gasteiger partial charge on any atom is 0.225 e. The molecule has 0 spiro atoms. The number of carbonyl (C=O) groups is 1. The average molecular weight is 428 g/mol. The number of amides is 1. The van der Waals surface area contributed by atoms with E-state index in [0.717, 1.165) is 35.5 Å². The second kappa shape index (κ2) is 8.78. The minimum Gasteiger partial charge on any atom is -0.396 e. The Labute approximate surface area is 182 Å². The highest BCUT2D eigenvalue weighted by atomic mass is 19.1. The van der Waals surface area contributed by atoms with Crippen molar-refractivity contribution in [2.45, 2.75) is 45.1 Å². The summed E-state index contributed by atoms with van der Waals surface area (Å²) in [7, 11) is 1.60. The number of anilines is 2. The number of nitrogens with two attached hydrogens (primary N) is 1. The quantitative estimate of drug-likeness (QED) is 0.713. The molecule has 1 saturated heterocycles. The van der Waals surface area contributed by atoms with Crippen molar-refractivity contribution in [3.05, 3.63) is 35.5 Å². The third kappa shape index (κ3) is 4.21. The molecule has 31 heavy (non-hydrogen) atoms. The number of nitrogen functional groups attached to an aromatic ring is 1. The van der Waals surface area contributed by atoms with E-state index < -0.39 is 5.95 Å². The molecule has 2 aliphatic rings. The van der Waals surface area contributed by atoms with Gasteiger partial charge in [-0.2, -0.15) is 4.39 Å². The van der Waals surface area contributed by atoms with Gasteiger partial charge in [-0.15, -0.1) is 0 Å². The number of carbonyl (C=O) groups excluding carboxylic acids is 1. The minimum absolute atomic E-state index is 0.0411. The molecule has 0 aromatic carbocycles. The number of methoxy groups -OCH3 is 1. The molecule has 1 amide bonds. The molecule has 8 heteroatoms. The lowest BCUT2D eigenvalue weighted by molar-refractivity contribution is -0.134. The molecule has 1 aliphatic carbocycles. The summed E-state index contributed by atoms with van der Waals surface area (Å²) in [5, 5.41) is 0. The van der Waals surface area contributed by atoms with Crippen molar-refractivity contribution in [3.8, 4) is 11.1 Å². The van der Waals surface area contributed by atoms with Gasteiger partial charge in [0.25, 0.3) is 0 Å². The van der Waals surface area contributed by atoms with E-state index in [4.69, 9.17) is 15.5 Å². The van der Waals surface area contributed by atoms with Crippen molar-refractivity contribution in [2.24, 2.45) is 0 Å². The normalized spacial score (nSPS) is 19.0. The molecule has 2 aromatic heterocycles. The highest BCUT2D eigenvalue weighted by molar-refractivity contribution is 5.82. The summed E-state index contributed by atoms with van der Waals surface area (Å²) >= 11 is 0. The van der Waals surface area contributed by atoms with Gasteiger partial charge in [0.1, 0.15) is 0 Å². The molecule has 1 aliphatic heterocycles. The lowest BCUT2D eigenvalue weighted by atomic mass is 9.96. The first-order valence-corrected chi connectivity index (χ1v) is 10.9. The third-order valence-corrected chi connectivity index (χ3v) is 6.26. The monoisotopic (exact) mass is 427 g/mol. The van der Waals surface area contributed by atoms with E-state index in [2.05, 4.69) is 9.88 Å². The van der Waals surface area contributed by atoms with Crippen LogP contribution in [0.2, 0.25) is 0 Å². The van der Waals surface area contributed by atoms with E-state index in [1.54, 1.807) is 19.2 Å². The number of ether oxygens (including phenoxy) is 1. The number of rotatable bonds is 6. The summed E-state index contributed by atoms with van der Waals surface area (Å²) in [4.78, 5) is 25.3.